The fourth-order valence-electron chi connectivity index (χ4n) is 4.25. The van der Waals surface area contributed by atoms with Crippen molar-refractivity contribution < 1.29 is 18.7 Å². The number of amides is 1. The molecule has 3 aromatic rings. The lowest BCUT2D eigenvalue weighted by molar-refractivity contribution is 0.0728. The van der Waals surface area contributed by atoms with Crippen LogP contribution in [0.5, 0.6) is 11.5 Å². The highest BCUT2D eigenvalue weighted by atomic mass is 16.5. The van der Waals surface area contributed by atoms with Crippen molar-refractivity contribution in [2.45, 2.75) is 46.1 Å². The van der Waals surface area contributed by atoms with E-state index < -0.39 is 6.04 Å². The lowest BCUT2D eigenvalue weighted by atomic mass is 9.97. The highest BCUT2D eigenvalue weighted by Gasteiger charge is 2.42. The summed E-state index contributed by atoms with van der Waals surface area (Å²) in [6.45, 7) is 7.17. The lowest BCUT2D eigenvalue weighted by Gasteiger charge is -2.25. The van der Waals surface area contributed by atoms with Crippen LogP contribution in [-0.4, -0.2) is 31.1 Å². The third kappa shape index (κ3) is 3.74. The highest BCUT2D eigenvalue weighted by Crippen LogP contribution is 2.41. The summed E-state index contributed by atoms with van der Waals surface area (Å²) in [5, 5.41) is 0.492. The minimum absolute atomic E-state index is 0.132. The number of carbonyl (C=O) groups is 1. The van der Waals surface area contributed by atoms with E-state index in [1.165, 1.54) is 0 Å². The lowest BCUT2D eigenvalue weighted by Crippen LogP contribution is -2.30. The number of nitrogens with zero attached hydrogens (tertiary/aromatic N) is 1. The summed E-state index contributed by atoms with van der Waals surface area (Å²) in [6.07, 6.45) is 2.75. The predicted octanol–water partition coefficient (Wildman–Crippen LogP) is 5.24. The van der Waals surface area contributed by atoms with Gasteiger partial charge in [0.05, 0.1) is 30.7 Å². The van der Waals surface area contributed by atoms with Crippen LogP contribution in [-0.2, 0) is 0 Å². The molecule has 1 atom stereocenters. The molecule has 0 spiro atoms. The van der Waals surface area contributed by atoms with Crippen molar-refractivity contribution in [3.63, 3.8) is 0 Å². The molecular formula is C26H29NO5. The normalized spacial score (nSPS) is 15.3. The average Bonchev–Trinajstić information content (AvgIpc) is 3.07. The number of fused-ring (bicyclic) bond motifs is 2. The molecule has 0 saturated heterocycles. The van der Waals surface area contributed by atoms with E-state index in [4.69, 9.17) is 13.9 Å². The van der Waals surface area contributed by atoms with E-state index in [2.05, 4.69) is 6.92 Å². The van der Waals surface area contributed by atoms with Gasteiger partial charge in [-0.05, 0) is 49.6 Å². The van der Waals surface area contributed by atoms with Crippen molar-refractivity contribution >= 4 is 16.9 Å². The van der Waals surface area contributed by atoms with Crippen molar-refractivity contribution in [2.75, 3.05) is 20.3 Å². The van der Waals surface area contributed by atoms with Crippen molar-refractivity contribution in [2.24, 2.45) is 0 Å². The minimum Gasteiger partial charge on any atom is -0.493 e. The van der Waals surface area contributed by atoms with Gasteiger partial charge in [0.2, 0.25) is 5.76 Å². The summed E-state index contributed by atoms with van der Waals surface area (Å²) in [5.74, 6) is 1.11. The van der Waals surface area contributed by atoms with Crippen molar-refractivity contribution in [1.82, 2.24) is 4.90 Å². The van der Waals surface area contributed by atoms with Gasteiger partial charge in [-0.15, -0.1) is 0 Å². The molecule has 2 aromatic carbocycles. The SMILES string of the molecule is CCCCOc1ccc(C2c3c(oc4ccc(C)cc4c3=O)C(=O)N2CCC)cc1OC. The summed E-state index contributed by atoms with van der Waals surface area (Å²) in [5.41, 5.74) is 2.42. The molecule has 168 valence electrons. The fourth-order valence-corrected chi connectivity index (χ4v) is 4.25. The molecule has 6 nitrogen and oxygen atoms in total. The number of methoxy groups -OCH3 is 1. The van der Waals surface area contributed by atoms with E-state index >= 15 is 0 Å². The molecule has 0 N–H and O–H groups in total. The van der Waals surface area contributed by atoms with E-state index in [9.17, 15) is 9.59 Å². The Hall–Kier alpha value is -3.28. The molecule has 4 rings (SSSR count). The quantitative estimate of drug-likeness (QED) is 0.452. The Morgan fingerprint density at radius 2 is 1.84 bits per heavy atom. The molecular weight excluding hydrogens is 406 g/mol. The maximum atomic E-state index is 13.6. The molecule has 0 saturated carbocycles. The first-order valence-corrected chi connectivity index (χ1v) is 11.2. The van der Waals surface area contributed by atoms with Gasteiger partial charge in [0.25, 0.3) is 5.91 Å². The van der Waals surface area contributed by atoms with Crippen LogP contribution in [0.1, 0.15) is 66.4 Å². The van der Waals surface area contributed by atoms with Crippen LogP contribution in [0, 0.1) is 6.92 Å². The summed E-state index contributed by atoms with van der Waals surface area (Å²) < 4.78 is 17.4. The maximum Gasteiger partial charge on any atom is 0.290 e. The number of rotatable bonds is 8. The number of unbranched alkanes of at least 4 members (excludes halogenated alkanes) is 1. The largest absolute Gasteiger partial charge is 0.493 e. The average molecular weight is 436 g/mol. The van der Waals surface area contributed by atoms with Crippen LogP contribution in [0.3, 0.4) is 0 Å². The van der Waals surface area contributed by atoms with Crippen LogP contribution in [0.15, 0.2) is 45.6 Å². The van der Waals surface area contributed by atoms with E-state index in [1.807, 2.05) is 44.2 Å². The Kier molecular flexibility index (Phi) is 6.21. The van der Waals surface area contributed by atoms with Gasteiger partial charge < -0.3 is 18.8 Å². The first-order chi connectivity index (χ1) is 15.5. The first kappa shape index (κ1) is 21.9. The van der Waals surface area contributed by atoms with Gasteiger partial charge in [-0.25, -0.2) is 0 Å². The molecule has 6 heteroatoms. The number of hydrogen-bond donors (Lipinski definition) is 0. The van der Waals surface area contributed by atoms with Crippen molar-refractivity contribution in [3.8, 4) is 11.5 Å². The maximum absolute atomic E-state index is 13.6. The Morgan fingerprint density at radius 1 is 1.03 bits per heavy atom. The summed E-state index contributed by atoms with van der Waals surface area (Å²) >= 11 is 0. The monoisotopic (exact) mass is 435 g/mol. The molecule has 32 heavy (non-hydrogen) atoms. The van der Waals surface area contributed by atoms with Crippen LogP contribution < -0.4 is 14.9 Å². The second-order valence-electron chi connectivity index (χ2n) is 8.19. The molecule has 0 fully saturated rings. The van der Waals surface area contributed by atoms with Crippen LogP contribution >= 0.6 is 0 Å². The standard InChI is InChI=1S/C26H29NO5/c1-5-7-13-31-20-11-9-17(15-21(20)30-4)23-22-24(28)18-14-16(3)8-10-19(18)32-25(22)26(29)27(23)12-6-2/h8-11,14-15,23H,5-7,12-13H2,1-4H3. The van der Waals surface area contributed by atoms with Crippen LogP contribution in [0.4, 0.5) is 0 Å². The van der Waals surface area contributed by atoms with Crippen molar-refractivity contribution in [3.05, 3.63) is 69.1 Å². The minimum atomic E-state index is -0.530. The Morgan fingerprint density at radius 3 is 2.56 bits per heavy atom. The molecule has 0 radical (unpaired) electrons. The molecule has 0 bridgehead atoms. The zero-order chi connectivity index (χ0) is 22.8. The number of benzene rings is 2. The topological polar surface area (TPSA) is 69.0 Å². The first-order valence-electron chi connectivity index (χ1n) is 11.2. The summed E-state index contributed by atoms with van der Waals surface area (Å²) in [4.78, 5) is 28.5. The van der Waals surface area contributed by atoms with Crippen LogP contribution in [0.25, 0.3) is 11.0 Å². The molecule has 1 amide bonds. The number of aryl methyl sites for hydroxylation is 1. The van der Waals surface area contributed by atoms with Gasteiger partial charge in [0.15, 0.2) is 16.9 Å². The molecule has 2 heterocycles. The Balaban J connectivity index is 1.86. The van der Waals surface area contributed by atoms with Gasteiger partial charge >= 0.3 is 0 Å². The smallest absolute Gasteiger partial charge is 0.290 e. The third-order valence-electron chi connectivity index (χ3n) is 5.84. The van der Waals surface area contributed by atoms with E-state index in [-0.39, 0.29) is 17.1 Å². The van der Waals surface area contributed by atoms with Gasteiger partial charge in [-0.2, -0.15) is 0 Å². The molecule has 1 aromatic heterocycles. The third-order valence-corrected chi connectivity index (χ3v) is 5.84. The molecule has 1 aliphatic rings. The Bertz CT molecular complexity index is 1210. The Labute approximate surface area is 187 Å². The summed E-state index contributed by atoms with van der Waals surface area (Å²) in [7, 11) is 1.59. The molecule has 1 unspecified atom stereocenters. The molecule has 1 aliphatic heterocycles. The van der Waals surface area contributed by atoms with Gasteiger partial charge in [-0.3, -0.25) is 9.59 Å². The van der Waals surface area contributed by atoms with Crippen LogP contribution in [0.2, 0.25) is 0 Å². The van der Waals surface area contributed by atoms with Gasteiger partial charge in [-0.1, -0.05) is 38.0 Å². The highest BCUT2D eigenvalue weighted by molar-refractivity contribution is 5.99. The van der Waals surface area contributed by atoms with E-state index in [1.54, 1.807) is 18.1 Å². The van der Waals surface area contributed by atoms with E-state index in [0.717, 1.165) is 30.4 Å². The predicted molar refractivity (Wildman–Crippen MR) is 124 cm³/mol. The number of ether oxygens (including phenoxy) is 2. The second-order valence-corrected chi connectivity index (χ2v) is 8.19. The number of carbonyl (C=O) groups excluding carboxylic acids is 1. The van der Waals surface area contributed by atoms with Gasteiger partial charge in [0.1, 0.15) is 5.58 Å². The van der Waals surface area contributed by atoms with Crippen molar-refractivity contribution in [1.29, 1.82) is 0 Å². The molecule has 0 aliphatic carbocycles. The van der Waals surface area contributed by atoms with Gasteiger partial charge in [0, 0.05) is 6.54 Å². The summed E-state index contributed by atoms with van der Waals surface area (Å²) in [6, 6.07) is 10.5. The fraction of sp³-hybridized carbons (Fsp3) is 0.385. The zero-order valence-corrected chi connectivity index (χ0v) is 19.1. The van der Waals surface area contributed by atoms with E-state index in [0.29, 0.717) is 41.2 Å². The number of hydrogen-bond acceptors (Lipinski definition) is 5. The second kappa shape index (κ2) is 9.07. The zero-order valence-electron chi connectivity index (χ0n) is 19.1.